The van der Waals surface area contributed by atoms with Gasteiger partial charge in [0.2, 0.25) is 5.91 Å². The van der Waals surface area contributed by atoms with E-state index in [0.29, 0.717) is 48.8 Å². The van der Waals surface area contributed by atoms with Crippen LogP contribution in [0.25, 0.3) is 22.0 Å². The average Bonchev–Trinajstić information content (AvgIpc) is 3.49. The maximum Gasteiger partial charge on any atom is 0.245 e. The third kappa shape index (κ3) is 7.07. The first-order valence-corrected chi connectivity index (χ1v) is 18.4. The second-order valence-corrected chi connectivity index (χ2v) is 15.2. The van der Waals surface area contributed by atoms with Gasteiger partial charge in [-0.15, -0.1) is 0 Å². The Morgan fingerprint density at radius 3 is 2.59 bits per heavy atom. The quantitative estimate of drug-likeness (QED) is 0.125. The second-order valence-electron chi connectivity index (χ2n) is 14.4. The van der Waals surface area contributed by atoms with Gasteiger partial charge >= 0.3 is 0 Å². The number of aromatic nitrogens is 5. The van der Waals surface area contributed by atoms with Crippen LogP contribution in [0.15, 0.2) is 53.4 Å². The number of amides is 1. The van der Waals surface area contributed by atoms with Crippen LogP contribution in [0.2, 0.25) is 0 Å². The Labute approximate surface area is 304 Å². The van der Waals surface area contributed by atoms with E-state index in [9.17, 15) is 23.6 Å². The molecule has 0 N–H and O–H groups in total. The number of allylic oxidation sites excluding steroid dienone is 2. The summed E-state index contributed by atoms with van der Waals surface area (Å²) in [7, 11) is 0. The molecule has 3 aliphatic rings. The van der Waals surface area contributed by atoms with Crippen molar-refractivity contribution >= 4 is 50.1 Å². The minimum Gasteiger partial charge on any atom is -0.327 e. The van der Waals surface area contributed by atoms with Crippen molar-refractivity contribution in [3.63, 3.8) is 0 Å². The monoisotopic (exact) mass is 754 g/mol. The van der Waals surface area contributed by atoms with Crippen LogP contribution in [-0.2, 0) is 33.8 Å². The van der Waals surface area contributed by atoms with Crippen molar-refractivity contribution in [3.05, 3.63) is 82.0 Å². The van der Waals surface area contributed by atoms with E-state index in [1.807, 2.05) is 26.0 Å². The Morgan fingerprint density at radius 2 is 1.84 bits per heavy atom. The van der Waals surface area contributed by atoms with E-state index in [1.165, 1.54) is 19.1 Å². The Hall–Kier alpha value is -4.45. The predicted molar refractivity (Wildman–Crippen MR) is 192 cm³/mol. The number of rotatable bonds is 5. The molecule has 0 unspecified atom stereocenters. The highest BCUT2D eigenvalue weighted by Crippen LogP contribution is 2.62. The lowest BCUT2D eigenvalue weighted by atomic mass is 9.88. The molecule has 1 saturated carbocycles. The zero-order chi connectivity index (χ0) is 36.0. The fourth-order valence-electron chi connectivity index (χ4n) is 8.03. The van der Waals surface area contributed by atoms with Crippen molar-refractivity contribution in [3.8, 4) is 11.1 Å². The highest BCUT2D eigenvalue weighted by atomic mass is 79.9. The molecule has 1 amide bonds. The van der Waals surface area contributed by atoms with Crippen molar-refractivity contribution in [1.82, 2.24) is 29.6 Å². The van der Waals surface area contributed by atoms with Gasteiger partial charge in [-0.1, -0.05) is 19.1 Å². The first-order chi connectivity index (χ1) is 24.4. The van der Waals surface area contributed by atoms with Crippen molar-refractivity contribution in [2.45, 2.75) is 97.2 Å². The summed E-state index contributed by atoms with van der Waals surface area (Å²) in [6, 6.07) is 5.46. The van der Waals surface area contributed by atoms with Gasteiger partial charge in [0, 0.05) is 54.7 Å². The first-order valence-electron chi connectivity index (χ1n) is 17.6. The summed E-state index contributed by atoms with van der Waals surface area (Å²) in [4.78, 5) is 69.4. The Morgan fingerprint density at radius 1 is 1.06 bits per heavy atom. The average molecular weight is 756 g/mol. The topological polar surface area (TPSA) is 128 Å². The van der Waals surface area contributed by atoms with E-state index >= 15 is 0 Å². The molecule has 4 aromatic rings. The number of hydrogen-bond donors (Lipinski definition) is 0. The molecule has 2 fully saturated rings. The first kappa shape index (κ1) is 35.0. The number of piperidine rings is 1. The Bertz CT molecular complexity index is 2070. The number of hydrogen-bond acceptors (Lipinski definition) is 8. The lowest BCUT2D eigenvalue weighted by molar-refractivity contribution is -0.139. The van der Waals surface area contributed by atoms with Gasteiger partial charge in [-0.2, -0.15) is 5.10 Å². The number of pyridine rings is 1. The summed E-state index contributed by atoms with van der Waals surface area (Å²) in [5.41, 5.74) is 3.40. The molecule has 5 heterocycles. The molecule has 51 heavy (non-hydrogen) atoms. The third-order valence-electron chi connectivity index (χ3n) is 10.8. The summed E-state index contributed by atoms with van der Waals surface area (Å²) >= 11 is 3.21. The van der Waals surface area contributed by atoms with E-state index in [1.54, 1.807) is 22.0 Å². The number of nitrogens with zero attached hydrogens (tertiary/aromatic N) is 6. The summed E-state index contributed by atoms with van der Waals surface area (Å²) in [6.45, 7) is 5.09. The van der Waals surface area contributed by atoms with E-state index in [2.05, 4.69) is 43.0 Å². The van der Waals surface area contributed by atoms with E-state index < -0.39 is 11.9 Å². The molecule has 2 aliphatic heterocycles. The van der Waals surface area contributed by atoms with Crippen LogP contribution in [0.1, 0.15) is 86.4 Å². The lowest BCUT2D eigenvalue weighted by Crippen LogP contribution is -2.45. The number of aryl methyl sites for hydroxylation is 1. The minimum absolute atomic E-state index is 0.0765. The van der Waals surface area contributed by atoms with Crippen LogP contribution in [-0.4, -0.2) is 65.0 Å². The zero-order valence-electron chi connectivity index (χ0n) is 29.0. The predicted octanol–water partition coefficient (Wildman–Crippen LogP) is 6.74. The molecule has 1 saturated heterocycles. The molecule has 1 aliphatic carbocycles. The van der Waals surface area contributed by atoms with Gasteiger partial charge in [0.15, 0.2) is 11.6 Å². The fraction of sp³-hybridized carbons (Fsp3) is 0.436. The number of Topliss-reactive ketones (excluding diaryl/α,β-unsaturated/α-hetero) is 3. The summed E-state index contributed by atoms with van der Waals surface area (Å²) in [5.74, 6) is -0.476. The van der Waals surface area contributed by atoms with Crippen LogP contribution in [0.4, 0.5) is 4.39 Å². The molecule has 2 bridgehead atoms. The van der Waals surface area contributed by atoms with Crippen LogP contribution < -0.4 is 0 Å². The largest absolute Gasteiger partial charge is 0.327 e. The highest BCUT2D eigenvalue weighted by Gasteiger charge is 2.66. The van der Waals surface area contributed by atoms with E-state index in [4.69, 9.17) is 5.10 Å². The number of ketones is 3. The molecule has 0 spiro atoms. The number of halogens is 2. The number of carbonyl (C=O) groups is 4. The summed E-state index contributed by atoms with van der Waals surface area (Å²) in [6.07, 6.45) is 12.7. The molecule has 1 aromatic carbocycles. The van der Waals surface area contributed by atoms with Gasteiger partial charge < -0.3 is 4.90 Å². The molecule has 7 rings (SSSR count). The van der Waals surface area contributed by atoms with Crippen LogP contribution in [0.5, 0.6) is 0 Å². The molecule has 264 valence electrons. The van der Waals surface area contributed by atoms with E-state index in [0.717, 1.165) is 36.0 Å². The molecule has 12 heteroatoms. The second kappa shape index (κ2) is 13.9. The lowest BCUT2D eigenvalue weighted by Gasteiger charge is -2.27. The normalized spacial score (nSPS) is 24.6. The summed E-state index contributed by atoms with van der Waals surface area (Å²) in [5, 5.41) is 5.36. The van der Waals surface area contributed by atoms with Crippen LogP contribution >= 0.6 is 15.9 Å². The van der Waals surface area contributed by atoms with Crippen molar-refractivity contribution < 1.29 is 23.6 Å². The fourth-order valence-corrected chi connectivity index (χ4v) is 8.48. The van der Waals surface area contributed by atoms with Gasteiger partial charge in [0.1, 0.15) is 34.3 Å². The molecule has 10 nitrogen and oxygen atoms in total. The minimum atomic E-state index is -0.751. The van der Waals surface area contributed by atoms with Crippen molar-refractivity contribution in [2.75, 3.05) is 0 Å². The zero-order valence-corrected chi connectivity index (χ0v) is 30.6. The maximum atomic E-state index is 14.5. The van der Waals surface area contributed by atoms with E-state index in [-0.39, 0.29) is 69.6 Å². The Kier molecular flexibility index (Phi) is 9.56. The SMILES string of the molecule is CC(=O)c1nn2c3c(cc(-c4cnc(C)nc4)cc13)C/C=C/CCC[C@@H](C)C(=O)CC[C@@]13C[C@@H](C(=O)Cc4cc(F)cc(Br)n4)N(C(=O)C2)[C@@H]1C3. The molecular formula is C39H40BrFN6O4. The molecule has 0 radical (unpaired) electrons. The van der Waals surface area contributed by atoms with Gasteiger partial charge in [-0.05, 0) is 103 Å². The van der Waals surface area contributed by atoms with Crippen molar-refractivity contribution in [2.24, 2.45) is 11.3 Å². The summed E-state index contributed by atoms with van der Waals surface area (Å²) < 4.78 is 16.1. The van der Waals surface area contributed by atoms with Gasteiger partial charge in [-0.25, -0.2) is 19.3 Å². The highest BCUT2D eigenvalue weighted by molar-refractivity contribution is 9.10. The van der Waals surface area contributed by atoms with Gasteiger partial charge in [-0.3, -0.25) is 23.9 Å². The van der Waals surface area contributed by atoms with Crippen LogP contribution in [0, 0.1) is 24.1 Å². The maximum absolute atomic E-state index is 14.5. The van der Waals surface area contributed by atoms with Crippen molar-refractivity contribution in [1.29, 1.82) is 0 Å². The molecular weight excluding hydrogens is 715 g/mol. The van der Waals surface area contributed by atoms with Crippen LogP contribution in [0.3, 0.4) is 0 Å². The molecule has 4 atom stereocenters. The Balaban J connectivity index is 1.30. The number of carbonyl (C=O) groups excluding carboxylic acids is 4. The van der Waals surface area contributed by atoms with Gasteiger partial charge in [0.05, 0.1) is 23.7 Å². The molecule has 3 aromatic heterocycles. The smallest absolute Gasteiger partial charge is 0.245 e. The standard InChI is InChI=1S/C39H40BrFN6O4/c1-22-8-6-4-5-7-9-25-12-26(27-19-42-24(3)43-20-27)13-30-37(23(2)48)45-46(38(25)30)21-36(51)47-31(17-39(18-34(39)47)11-10-32(22)49)33(50)16-29-14-28(41)15-35(40)44-29/h5,7,12-15,19-20,22,31,34H,4,6,8-11,16-18,21H2,1-3H3/b7-5+/t22-,31+,34-,39+/m1/s1. The van der Waals surface area contributed by atoms with Gasteiger partial charge in [0.25, 0.3) is 0 Å². The number of benzene rings is 1. The third-order valence-corrected chi connectivity index (χ3v) is 11.2.